The fourth-order valence-corrected chi connectivity index (χ4v) is 2.04. The molecule has 0 fully saturated rings. The van der Waals surface area contributed by atoms with E-state index >= 15 is 0 Å². The highest BCUT2D eigenvalue weighted by Crippen LogP contribution is 2.33. The zero-order chi connectivity index (χ0) is 14.8. The first-order chi connectivity index (χ1) is 10.1. The smallest absolute Gasteiger partial charge is 0.231 e. The van der Waals surface area contributed by atoms with Crippen LogP contribution in [0, 0.1) is 11.6 Å². The van der Waals surface area contributed by atoms with Gasteiger partial charge in [-0.2, -0.15) is 0 Å². The van der Waals surface area contributed by atoms with Gasteiger partial charge in [0.1, 0.15) is 24.0 Å². The van der Waals surface area contributed by atoms with Crippen LogP contribution in [0.1, 0.15) is 11.6 Å². The predicted molar refractivity (Wildman–Crippen MR) is 71.3 cm³/mol. The first-order valence-corrected chi connectivity index (χ1v) is 6.36. The van der Waals surface area contributed by atoms with Gasteiger partial charge >= 0.3 is 0 Å². The Bertz CT molecular complexity index is 643. The van der Waals surface area contributed by atoms with E-state index < -0.39 is 17.7 Å². The van der Waals surface area contributed by atoms with Crippen LogP contribution in [0.25, 0.3) is 0 Å². The summed E-state index contributed by atoms with van der Waals surface area (Å²) in [6.45, 7) is 0.273. The molecule has 0 saturated carbocycles. The minimum Gasteiger partial charge on any atom is -0.491 e. The molecular formula is C15H13F2NO3. The van der Waals surface area contributed by atoms with Gasteiger partial charge in [-0.3, -0.25) is 0 Å². The quantitative estimate of drug-likeness (QED) is 0.941. The number of halogens is 2. The van der Waals surface area contributed by atoms with Crippen molar-refractivity contribution in [3.8, 4) is 17.2 Å². The van der Waals surface area contributed by atoms with E-state index in [1.54, 1.807) is 18.2 Å². The van der Waals surface area contributed by atoms with E-state index in [9.17, 15) is 8.78 Å². The topological polar surface area (TPSA) is 53.7 Å². The highest BCUT2D eigenvalue weighted by molar-refractivity contribution is 5.45. The molecule has 1 aliphatic rings. The molecule has 21 heavy (non-hydrogen) atoms. The standard InChI is InChI=1S/C15H13F2NO3/c16-10-4-11(17)6-12(5-10)19-7-13(18)9-1-2-14-15(3-9)21-8-20-14/h1-6,13H,7-8,18H2. The molecule has 0 aliphatic carbocycles. The predicted octanol–water partition coefficient (Wildman–Crippen LogP) is 2.77. The summed E-state index contributed by atoms with van der Waals surface area (Å²) in [7, 11) is 0. The largest absolute Gasteiger partial charge is 0.491 e. The first kappa shape index (κ1) is 13.6. The van der Waals surface area contributed by atoms with Crippen LogP contribution in [0.4, 0.5) is 8.78 Å². The number of ether oxygens (including phenoxy) is 3. The van der Waals surface area contributed by atoms with Crippen molar-refractivity contribution in [3.63, 3.8) is 0 Å². The van der Waals surface area contributed by atoms with E-state index in [-0.39, 0.29) is 19.1 Å². The van der Waals surface area contributed by atoms with Gasteiger partial charge in [-0.15, -0.1) is 0 Å². The van der Waals surface area contributed by atoms with Crippen molar-refractivity contribution in [2.45, 2.75) is 6.04 Å². The van der Waals surface area contributed by atoms with Gasteiger partial charge in [0, 0.05) is 18.2 Å². The molecule has 0 saturated heterocycles. The molecule has 0 spiro atoms. The molecule has 1 aliphatic heterocycles. The molecule has 1 unspecified atom stereocenters. The molecule has 110 valence electrons. The summed E-state index contributed by atoms with van der Waals surface area (Å²) in [6.07, 6.45) is 0. The SMILES string of the molecule is NC(COc1cc(F)cc(F)c1)c1ccc2c(c1)OCO2. The third-order valence-electron chi connectivity index (χ3n) is 3.09. The molecule has 2 aromatic rings. The van der Waals surface area contributed by atoms with Gasteiger partial charge in [-0.25, -0.2) is 8.78 Å². The maximum absolute atomic E-state index is 13.0. The fraction of sp³-hybridized carbons (Fsp3) is 0.200. The molecule has 0 bridgehead atoms. The Morgan fingerprint density at radius 1 is 1.05 bits per heavy atom. The Balaban J connectivity index is 1.67. The Labute approximate surface area is 120 Å². The summed E-state index contributed by atoms with van der Waals surface area (Å²) in [6, 6.07) is 7.87. The van der Waals surface area contributed by atoms with Crippen LogP contribution < -0.4 is 19.9 Å². The molecule has 2 N–H and O–H groups in total. The fourth-order valence-electron chi connectivity index (χ4n) is 2.04. The van der Waals surface area contributed by atoms with Gasteiger partial charge in [0.05, 0.1) is 6.04 Å². The molecule has 4 nitrogen and oxygen atoms in total. The van der Waals surface area contributed by atoms with Gasteiger partial charge in [-0.05, 0) is 17.7 Å². The number of hydrogen-bond donors (Lipinski definition) is 1. The number of rotatable bonds is 4. The van der Waals surface area contributed by atoms with Crippen molar-refractivity contribution in [1.29, 1.82) is 0 Å². The van der Waals surface area contributed by atoms with Crippen molar-refractivity contribution in [3.05, 3.63) is 53.6 Å². The highest BCUT2D eigenvalue weighted by Gasteiger charge is 2.16. The average Bonchev–Trinajstić information content (AvgIpc) is 2.91. The van der Waals surface area contributed by atoms with Crippen molar-refractivity contribution in [2.24, 2.45) is 5.73 Å². The maximum Gasteiger partial charge on any atom is 0.231 e. The van der Waals surface area contributed by atoms with E-state index in [2.05, 4.69) is 0 Å². The zero-order valence-corrected chi connectivity index (χ0v) is 11.0. The van der Waals surface area contributed by atoms with Crippen LogP contribution in [-0.2, 0) is 0 Å². The summed E-state index contributed by atoms with van der Waals surface area (Å²) in [4.78, 5) is 0. The van der Waals surface area contributed by atoms with Crippen molar-refractivity contribution in [1.82, 2.24) is 0 Å². The third-order valence-corrected chi connectivity index (χ3v) is 3.09. The van der Waals surface area contributed by atoms with E-state index in [4.69, 9.17) is 19.9 Å². The van der Waals surface area contributed by atoms with Crippen LogP contribution in [0.15, 0.2) is 36.4 Å². The Morgan fingerprint density at radius 2 is 1.76 bits per heavy atom. The monoisotopic (exact) mass is 293 g/mol. The van der Waals surface area contributed by atoms with Crippen LogP contribution >= 0.6 is 0 Å². The van der Waals surface area contributed by atoms with Crippen molar-refractivity contribution < 1.29 is 23.0 Å². The minimum atomic E-state index is -0.693. The van der Waals surface area contributed by atoms with Crippen molar-refractivity contribution in [2.75, 3.05) is 13.4 Å². The van der Waals surface area contributed by atoms with Gasteiger partial charge in [0.2, 0.25) is 6.79 Å². The number of benzene rings is 2. The Morgan fingerprint density at radius 3 is 2.52 bits per heavy atom. The summed E-state index contributed by atoms with van der Waals surface area (Å²) in [5.41, 5.74) is 6.79. The normalized spacial score (nSPS) is 14.0. The van der Waals surface area contributed by atoms with Crippen LogP contribution in [-0.4, -0.2) is 13.4 Å². The first-order valence-electron chi connectivity index (χ1n) is 6.36. The second kappa shape index (κ2) is 5.57. The van der Waals surface area contributed by atoms with E-state index in [0.29, 0.717) is 11.5 Å². The van der Waals surface area contributed by atoms with Crippen LogP contribution in [0.5, 0.6) is 17.2 Å². The Hall–Kier alpha value is -2.34. The van der Waals surface area contributed by atoms with Crippen LogP contribution in [0.2, 0.25) is 0 Å². The lowest BCUT2D eigenvalue weighted by molar-refractivity contribution is 0.174. The van der Waals surface area contributed by atoms with E-state index in [1.165, 1.54) is 0 Å². The maximum atomic E-state index is 13.0. The summed E-state index contributed by atoms with van der Waals surface area (Å²) in [5.74, 6) is 0.00538. The number of nitrogens with two attached hydrogens (primary N) is 1. The molecule has 0 amide bonds. The number of hydrogen-bond acceptors (Lipinski definition) is 4. The summed E-state index contributed by atoms with van der Waals surface area (Å²) >= 11 is 0. The molecule has 6 heteroatoms. The van der Waals surface area contributed by atoms with Gasteiger partial charge < -0.3 is 19.9 Å². The second-order valence-corrected chi connectivity index (χ2v) is 4.64. The Kier molecular flexibility index (Phi) is 3.62. The minimum absolute atomic E-state index is 0.0859. The molecule has 3 rings (SSSR count). The van der Waals surface area contributed by atoms with E-state index in [1.807, 2.05) is 0 Å². The van der Waals surface area contributed by atoms with Gasteiger partial charge in [0.15, 0.2) is 11.5 Å². The van der Waals surface area contributed by atoms with Crippen LogP contribution in [0.3, 0.4) is 0 Å². The molecule has 0 aromatic heterocycles. The average molecular weight is 293 g/mol. The van der Waals surface area contributed by atoms with Gasteiger partial charge in [-0.1, -0.05) is 6.07 Å². The molecule has 1 atom stereocenters. The lowest BCUT2D eigenvalue weighted by atomic mass is 10.1. The zero-order valence-electron chi connectivity index (χ0n) is 11.0. The third kappa shape index (κ3) is 3.05. The molecule has 1 heterocycles. The van der Waals surface area contributed by atoms with Crippen molar-refractivity contribution >= 4 is 0 Å². The van der Waals surface area contributed by atoms with Gasteiger partial charge in [0.25, 0.3) is 0 Å². The lowest BCUT2D eigenvalue weighted by Crippen LogP contribution is -2.19. The number of fused-ring (bicyclic) bond motifs is 1. The summed E-state index contributed by atoms with van der Waals surface area (Å²) < 4.78 is 41.9. The second-order valence-electron chi connectivity index (χ2n) is 4.64. The molecular weight excluding hydrogens is 280 g/mol. The van der Waals surface area contributed by atoms with E-state index in [0.717, 1.165) is 23.8 Å². The lowest BCUT2D eigenvalue weighted by Gasteiger charge is -2.14. The molecule has 2 aromatic carbocycles. The molecule has 0 radical (unpaired) electrons. The summed E-state index contributed by atoms with van der Waals surface area (Å²) in [5, 5.41) is 0. The highest BCUT2D eigenvalue weighted by atomic mass is 19.1.